The van der Waals surface area contributed by atoms with Gasteiger partial charge in [0.05, 0.1) is 25.0 Å². The first-order valence-corrected chi connectivity index (χ1v) is 5.44. The minimum atomic E-state index is -0.364. The van der Waals surface area contributed by atoms with Crippen molar-refractivity contribution in [2.75, 3.05) is 19.7 Å². The Morgan fingerprint density at radius 2 is 1.94 bits per heavy atom. The fourth-order valence-corrected chi connectivity index (χ4v) is 1.68. The normalized spacial score (nSPS) is 18.8. The van der Waals surface area contributed by atoms with Crippen LogP contribution in [0.1, 0.15) is 25.7 Å². The van der Waals surface area contributed by atoms with Gasteiger partial charge in [0.15, 0.2) is 0 Å². The molecule has 0 saturated carbocycles. The molecule has 0 bridgehead atoms. The lowest BCUT2D eigenvalue weighted by Crippen LogP contribution is -2.40. The maximum Gasteiger partial charge on any atom is 0.251 e. The van der Waals surface area contributed by atoms with Crippen LogP contribution in [0, 0.1) is 22.7 Å². The number of amides is 1. The van der Waals surface area contributed by atoms with E-state index in [0.717, 1.165) is 12.8 Å². The highest BCUT2D eigenvalue weighted by molar-refractivity contribution is 5.81. The number of ether oxygens (including phenoxy) is 1. The molecule has 16 heavy (non-hydrogen) atoms. The van der Waals surface area contributed by atoms with E-state index in [1.807, 2.05) is 12.1 Å². The van der Waals surface area contributed by atoms with Crippen molar-refractivity contribution in [3.8, 4) is 12.1 Å². The number of rotatable bonds is 5. The molecule has 0 aromatic heterocycles. The van der Waals surface area contributed by atoms with E-state index >= 15 is 0 Å². The summed E-state index contributed by atoms with van der Waals surface area (Å²) in [6.45, 7) is 1.40. The Labute approximate surface area is 95.2 Å². The van der Waals surface area contributed by atoms with E-state index in [2.05, 4.69) is 0 Å². The predicted molar refractivity (Wildman–Crippen MR) is 56.0 cm³/mol. The largest absolute Gasteiger partial charge is 0.368 e. The zero-order chi connectivity index (χ0) is 11.8. The van der Waals surface area contributed by atoms with E-state index < -0.39 is 0 Å². The van der Waals surface area contributed by atoms with E-state index in [1.165, 1.54) is 0 Å². The molecule has 1 saturated heterocycles. The summed E-state index contributed by atoms with van der Waals surface area (Å²) in [7, 11) is 0. The third-order valence-corrected chi connectivity index (χ3v) is 2.50. The van der Waals surface area contributed by atoms with Gasteiger partial charge in [-0.2, -0.15) is 10.5 Å². The van der Waals surface area contributed by atoms with E-state index in [4.69, 9.17) is 15.3 Å². The van der Waals surface area contributed by atoms with Crippen LogP contribution < -0.4 is 0 Å². The second-order valence-electron chi connectivity index (χ2n) is 3.64. The molecular weight excluding hydrogens is 206 g/mol. The van der Waals surface area contributed by atoms with Crippen LogP contribution in [0.2, 0.25) is 0 Å². The number of hydrogen-bond donors (Lipinski definition) is 0. The van der Waals surface area contributed by atoms with Gasteiger partial charge in [0, 0.05) is 19.7 Å². The Kier molecular flexibility index (Phi) is 5.31. The van der Waals surface area contributed by atoms with Gasteiger partial charge in [0.25, 0.3) is 5.91 Å². The quantitative estimate of drug-likeness (QED) is 0.688. The van der Waals surface area contributed by atoms with Crippen LogP contribution >= 0.6 is 0 Å². The molecule has 1 heterocycles. The molecule has 0 N–H and O–H groups in total. The number of nitriles is 2. The Morgan fingerprint density at radius 3 is 2.38 bits per heavy atom. The molecule has 0 aliphatic carbocycles. The van der Waals surface area contributed by atoms with E-state index in [9.17, 15) is 4.79 Å². The smallest absolute Gasteiger partial charge is 0.251 e. The highest BCUT2D eigenvalue weighted by atomic mass is 16.5. The van der Waals surface area contributed by atoms with E-state index in [-0.39, 0.29) is 12.0 Å². The molecule has 0 radical (unpaired) electrons. The van der Waals surface area contributed by atoms with Gasteiger partial charge in [0.1, 0.15) is 6.10 Å². The van der Waals surface area contributed by atoms with Crippen molar-refractivity contribution in [3.63, 3.8) is 0 Å². The predicted octanol–water partition coefficient (Wildman–Crippen LogP) is 0.821. The van der Waals surface area contributed by atoms with Gasteiger partial charge in [-0.25, -0.2) is 0 Å². The second-order valence-corrected chi connectivity index (χ2v) is 3.64. The zero-order valence-electron chi connectivity index (χ0n) is 9.19. The monoisotopic (exact) mass is 221 g/mol. The van der Waals surface area contributed by atoms with E-state index in [0.29, 0.717) is 32.5 Å². The van der Waals surface area contributed by atoms with Crippen molar-refractivity contribution in [2.24, 2.45) is 0 Å². The van der Waals surface area contributed by atoms with Crippen molar-refractivity contribution in [1.29, 1.82) is 10.5 Å². The van der Waals surface area contributed by atoms with Crippen molar-refractivity contribution in [1.82, 2.24) is 4.90 Å². The molecular formula is C11H15N3O2. The number of carbonyl (C=O) groups excluding carboxylic acids is 1. The molecule has 0 unspecified atom stereocenters. The Bertz CT molecular complexity index is 292. The summed E-state index contributed by atoms with van der Waals surface area (Å²) in [4.78, 5) is 13.5. The maximum absolute atomic E-state index is 11.9. The summed E-state index contributed by atoms with van der Waals surface area (Å²) in [6.07, 6.45) is 1.88. The lowest BCUT2D eigenvalue weighted by atomic mass is 10.2. The molecule has 1 atom stereocenters. The van der Waals surface area contributed by atoms with E-state index in [1.54, 1.807) is 4.90 Å². The first-order valence-electron chi connectivity index (χ1n) is 5.44. The molecule has 86 valence electrons. The molecule has 1 aliphatic rings. The van der Waals surface area contributed by atoms with Gasteiger partial charge in [-0.05, 0) is 12.8 Å². The van der Waals surface area contributed by atoms with Gasteiger partial charge < -0.3 is 9.64 Å². The minimum Gasteiger partial charge on any atom is -0.368 e. The highest BCUT2D eigenvalue weighted by Gasteiger charge is 2.27. The summed E-state index contributed by atoms with van der Waals surface area (Å²) in [5.74, 6) is -0.0806. The van der Waals surface area contributed by atoms with Crippen molar-refractivity contribution in [2.45, 2.75) is 31.8 Å². The van der Waals surface area contributed by atoms with Gasteiger partial charge in [-0.3, -0.25) is 4.79 Å². The van der Waals surface area contributed by atoms with Crippen LogP contribution in [0.25, 0.3) is 0 Å². The number of hydrogen-bond acceptors (Lipinski definition) is 4. The van der Waals surface area contributed by atoms with Crippen molar-refractivity contribution >= 4 is 5.91 Å². The standard InChI is InChI=1S/C11H15N3O2/c12-5-2-7-14(8-3-6-13)11(15)10-4-1-9-16-10/h10H,1-4,7-9H2/t10-/m1/s1. The van der Waals surface area contributed by atoms with Crippen molar-refractivity contribution < 1.29 is 9.53 Å². The van der Waals surface area contributed by atoms with Crippen molar-refractivity contribution in [3.05, 3.63) is 0 Å². The molecule has 1 fully saturated rings. The fraction of sp³-hybridized carbons (Fsp3) is 0.727. The first-order chi connectivity index (χ1) is 7.79. The molecule has 1 amide bonds. The SMILES string of the molecule is N#CCCN(CCC#N)C(=O)[C@H]1CCCO1. The summed E-state index contributed by atoms with van der Waals surface area (Å²) in [6, 6.07) is 4.00. The molecule has 0 aromatic carbocycles. The summed E-state index contributed by atoms with van der Waals surface area (Å²) in [5, 5.41) is 17.0. The summed E-state index contributed by atoms with van der Waals surface area (Å²) in [5.41, 5.74) is 0. The lowest BCUT2D eigenvalue weighted by Gasteiger charge is -2.23. The van der Waals surface area contributed by atoms with Crippen LogP contribution in [0.15, 0.2) is 0 Å². The molecule has 0 spiro atoms. The molecule has 1 aliphatic heterocycles. The Hall–Kier alpha value is -1.59. The highest BCUT2D eigenvalue weighted by Crippen LogP contribution is 2.15. The lowest BCUT2D eigenvalue weighted by molar-refractivity contribution is -0.140. The van der Waals surface area contributed by atoms with Gasteiger partial charge in [-0.15, -0.1) is 0 Å². The minimum absolute atomic E-state index is 0.0806. The topological polar surface area (TPSA) is 77.1 Å². The molecule has 1 rings (SSSR count). The van der Waals surface area contributed by atoms with Gasteiger partial charge >= 0.3 is 0 Å². The average Bonchev–Trinajstić information content (AvgIpc) is 2.82. The fourth-order valence-electron chi connectivity index (χ4n) is 1.68. The number of nitrogens with zero attached hydrogens (tertiary/aromatic N) is 3. The van der Waals surface area contributed by atoms with Gasteiger partial charge in [-0.1, -0.05) is 0 Å². The summed E-state index contributed by atoms with van der Waals surface area (Å²) >= 11 is 0. The third kappa shape index (κ3) is 3.52. The summed E-state index contributed by atoms with van der Waals surface area (Å²) < 4.78 is 5.30. The Morgan fingerprint density at radius 1 is 1.31 bits per heavy atom. The van der Waals surface area contributed by atoms with Gasteiger partial charge in [0.2, 0.25) is 0 Å². The molecule has 5 heteroatoms. The van der Waals surface area contributed by atoms with Crippen LogP contribution in [0.4, 0.5) is 0 Å². The van der Waals surface area contributed by atoms with Crippen LogP contribution in [-0.2, 0) is 9.53 Å². The Balaban J connectivity index is 2.49. The third-order valence-electron chi connectivity index (χ3n) is 2.50. The maximum atomic E-state index is 11.9. The van der Waals surface area contributed by atoms with Crippen LogP contribution in [0.3, 0.4) is 0 Å². The van der Waals surface area contributed by atoms with Crippen LogP contribution in [-0.4, -0.2) is 36.6 Å². The second kappa shape index (κ2) is 6.81. The van der Waals surface area contributed by atoms with Crippen LogP contribution in [0.5, 0.6) is 0 Å². The average molecular weight is 221 g/mol. The number of carbonyl (C=O) groups is 1. The zero-order valence-corrected chi connectivity index (χ0v) is 9.19. The first kappa shape index (κ1) is 12.5. The molecule has 0 aromatic rings. The molecule has 5 nitrogen and oxygen atoms in total.